The zero-order valence-electron chi connectivity index (χ0n) is 11.1. The van der Waals surface area contributed by atoms with Gasteiger partial charge in [-0.3, -0.25) is 4.79 Å². The van der Waals surface area contributed by atoms with Gasteiger partial charge in [0, 0.05) is 13.6 Å². The molecule has 0 unspecified atom stereocenters. The summed E-state index contributed by atoms with van der Waals surface area (Å²) in [5.74, 6) is 0.614. The van der Waals surface area contributed by atoms with Crippen LogP contribution in [0.5, 0.6) is 5.75 Å². The van der Waals surface area contributed by atoms with E-state index >= 15 is 0 Å². The van der Waals surface area contributed by atoms with Crippen molar-refractivity contribution < 1.29 is 9.53 Å². The van der Waals surface area contributed by atoms with Gasteiger partial charge in [-0.2, -0.15) is 5.26 Å². The summed E-state index contributed by atoms with van der Waals surface area (Å²) in [5, 5.41) is 8.45. The normalized spacial score (nSPS) is 9.67. The maximum atomic E-state index is 11.7. The Bertz CT molecular complexity index is 463. The van der Waals surface area contributed by atoms with Crippen LogP contribution >= 0.6 is 0 Å². The monoisotopic (exact) mass is 246 g/mol. The molecule has 0 N–H and O–H groups in total. The lowest BCUT2D eigenvalue weighted by Gasteiger charge is -2.16. The molecule has 1 rings (SSSR count). The average Bonchev–Trinajstić information content (AvgIpc) is 2.37. The van der Waals surface area contributed by atoms with E-state index in [9.17, 15) is 4.79 Å². The number of rotatable bonds is 5. The van der Waals surface area contributed by atoms with Crippen molar-refractivity contribution in [1.29, 1.82) is 5.26 Å². The van der Waals surface area contributed by atoms with Gasteiger partial charge in [-0.05, 0) is 31.0 Å². The highest BCUT2D eigenvalue weighted by molar-refractivity contribution is 5.77. The van der Waals surface area contributed by atoms with Gasteiger partial charge in [-0.25, -0.2) is 0 Å². The zero-order chi connectivity index (χ0) is 13.5. The third-order valence-corrected chi connectivity index (χ3v) is 2.89. The van der Waals surface area contributed by atoms with E-state index in [1.165, 1.54) is 4.90 Å². The van der Waals surface area contributed by atoms with Crippen molar-refractivity contribution in [3.8, 4) is 11.8 Å². The van der Waals surface area contributed by atoms with Gasteiger partial charge in [0.05, 0.1) is 12.5 Å². The number of hydrogen-bond acceptors (Lipinski definition) is 3. The number of ether oxygens (including phenoxy) is 1. The second-order valence-corrected chi connectivity index (χ2v) is 4.21. The maximum Gasteiger partial charge on any atom is 0.260 e. The van der Waals surface area contributed by atoms with Crippen LogP contribution in [0.15, 0.2) is 18.2 Å². The molecule has 0 bridgehead atoms. The van der Waals surface area contributed by atoms with Gasteiger partial charge >= 0.3 is 0 Å². The highest BCUT2D eigenvalue weighted by Gasteiger charge is 2.10. The topological polar surface area (TPSA) is 53.3 Å². The third-order valence-electron chi connectivity index (χ3n) is 2.89. The van der Waals surface area contributed by atoms with Crippen molar-refractivity contribution in [3.63, 3.8) is 0 Å². The van der Waals surface area contributed by atoms with Gasteiger partial charge in [0.25, 0.3) is 5.91 Å². The summed E-state index contributed by atoms with van der Waals surface area (Å²) < 4.78 is 5.51. The standard InChI is InChI=1S/C14H18N2O2/c1-11-6-4-7-13(12(11)2)18-10-14(17)16(3)9-5-8-15/h4,6-7H,5,9-10H2,1-3H3. The van der Waals surface area contributed by atoms with Crippen LogP contribution in [0.25, 0.3) is 0 Å². The lowest BCUT2D eigenvalue weighted by atomic mass is 10.1. The van der Waals surface area contributed by atoms with E-state index in [0.717, 1.165) is 16.9 Å². The molecule has 0 aliphatic rings. The van der Waals surface area contributed by atoms with Crippen LogP contribution in [0.1, 0.15) is 17.5 Å². The number of nitrogens with zero attached hydrogens (tertiary/aromatic N) is 2. The molecular formula is C14H18N2O2. The minimum Gasteiger partial charge on any atom is -0.483 e. The van der Waals surface area contributed by atoms with Crippen molar-refractivity contribution >= 4 is 5.91 Å². The lowest BCUT2D eigenvalue weighted by molar-refractivity contribution is -0.131. The summed E-state index contributed by atoms with van der Waals surface area (Å²) in [4.78, 5) is 13.2. The van der Waals surface area contributed by atoms with Gasteiger partial charge < -0.3 is 9.64 Å². The van der Waals surface area contributed by atoms with E-state index in [-0.39, 0.29) is 12.5 Å². The molecule has 0 saturated heterocycles. The Balaban J connectivity index is 2.53. The molecule has 0 spiro atoms. The Morgan fingerprint density at radius 3 is 2.83 bits per heavy atom. The zero-order valence-corrected chi connectivity index (χ0v) is 11.1. The van der Waals surface area contributed by atoms with Crippen molar-refractivity contribution in [2.45, 2.75) is 20.3 Å². The van der Waals surface area contributed by atoms with Gasteiger partial charge in [0.1, 0.15) is 5.75 Å². The van der Waals surface area contributed by atoms with Crippen LogP contribution in [0, 0.1) is 25.2 Å². The fraction of sp³-hybridized carbons (Fsp3) is 0.429. The number of hydrogen-bond donors (Lipinski definition) is 0. The Morgan fingerprint density at radius 1 is 1.44 bits per heavy atom. The minimum atomic E-state index is -0.119. The molecule has 96 valence electrons. The van der Waals surface area contributed by atoms with E-state index in [2.05, 4.69) is 0 Å². The molecule has 0 atom stereocenters. The number of carbonyl (C=O) groups is 1. The largest absolute Gasteiger partial charge is 0.483 e. The molecule has 1 aromatic rings. The van der Waals surface area contributed by atoms with Crippen molar-refractivity contribution in [2.75, 3.05) is 20.2 Å². The van der Waals surface area contributed by atoms with Gasteiger partial charge in [-0.1, -0.05) is 12.1 Å². The molecule has 4 heteroatoms. The summed E-state index contributed by atoms with van der Waals surface area (Å²) in [6, 6.07) is 7.77. The Kier molecular flexibility index (Phi) is 5.19. The molecule has 1 aromatic carbocycles. The Hall–Kier alpha value is -2.02. The van der Waals surface area contributed by atoms with Crippen molar-refractivity contribution in [1.82, 2.24) is 4.90 Å². The molecule has 0 fully saturated rings. The summed E-state index contributed by atoms with van der Waals surface area (Å²) in [5.41, 5.74) is 2.18. The number of nitriles is 1. The van der Waals surface area contributed by atoms with Crippen LogP contribution in [0.2, 0.25) is 0 Å². The first-order chi connectivity index (χ1) is 8.56. The first-order valence-corrected chi connectivity index (χ1v) is 5.86. The fourth-order valence-electron chi connectivity index (χ4n) is 1.47. The summed E-state index contributed by atoms with van der Waals surface area (Å²) in [6.07, 6.45) is 0.339. The van der Waals surface area contributed by atoms with E-state index in [1.54, 1.807) is 7.05 Å². The Labute approximate surface area is 108 Å². The number of benzene rings is 1. The lowest BCUT2D eigenvalue weighted by Crippen LogP contribution is -2.32. The Morgan fingerprint density at radius 2 is 2.17 bits per heavy atom. The first kappa shape index (κ1) is 14.0. The highest BCUT2D eigenvalue weighted by atomic mass is 16.5. The molecule has 18 heavy (non-hydrogen) atoms. The average molecular weight is 246 g/mol. The molecule has 0 aromatic heterocycles. The third kappa shape index (κ3) is 3.77. The van der Waals surface area contributed by atoms with E-state index in [1.807, 2.05) is 38.1 Å². The fourth-order valence-corrected chi connectivity index (χ4v) is 1.47. The summed E-state index contributed by atoms with van der Waals surface area (Å²) in [6.45, 7) is 4.41. The molecule has 0 aliphatic carbocycles. The highest BCUT2D eigenvalue weighted by Crippen LogP contribution is 2.20. The summed E-state index contributed by atoms with van der Waals surface area (Å²) in [7, 11) is 1.67. The van der Waals surface area contributed by atoms with Crippen LogP contribution in [-0.4, -0.2) is 31.0 Å². The molecular weight excluding hydrogens is 228 g/mol. The number of aryl methyl sites for hydroxylation is 1. The molecule has 4 nitrogen and oxygen atoms in total. The predicted octanol–water partition coefficient (Wildman–Crippen LogP) is 2.05. The first-order valence-electron chi connectivity index (χ1n) is 5.86. The van der Waals surface area contributed by atoms with Crippen LogP contribution in [-0.2, 0) is 4.79 Å². The van der Waals surface area contributed by atoms with Crippen molar-refractivity contribution in [2.24, 2.45) is 0 Å². The van der Waals surface area contributed by atoms with E-state index in [0.29, 0.717) is 13.0 Å². The minimum absolute atomic E-state index is 0.00617. The quantitative estimate of drug-likeness (QED) is 0.799. The van der Waals surface area contributed by atoms with E-state index in [4.69, 9.17) is 10.00 Å². The second-order valence-electron chi connectivity index (χ2n) is 4.21. The smallest absolute Gasteiger partial charge is 0.260 e. The number of likely N-dealkylation sites (N-methyl/N-ethyl adjacent to an activating group) is 1. The van der Waals surface area contributed by atoms with Gasteiger partial charge in [-0.15, -0.1) is 0 Å². The molecule has 0 aliphatic heterocycles. The number of carbonyl (C=O) groups excluding carboxylic acids is 1. The molecule has 1 amide bonds. The molecule has 0 radical (unpaired) electrons. The van der Waals surface area contributed by atoms with Crippen molar-refractivity contribution in [3.05, 3.63) is 29.3 Å². The van der Waals surface area contributed by atoms with Crippen LogP contribution < -0.4 is 4.74 Å². The van der Waals surface area contributed by atoms with Crippen LogP contribution in [0.3, 0.4) is 0 Å². The van der Waals surface area contributed by atoms with Crippen LogP contribution in [0.4, 0.5) is 0 Å². The molecule has 0 heterocycles. The molecule has 0 saturated carbocycles. The number of amides is 1. The van der Waals surface area contributed by atoms with E-state index < -0.39 is 0 Å². The predicted molar refractivity (Wildman–Crippen MR) is 69.3 cm³/mol. The second kappa shape index (κ2) is 6.65. The maximum absolute atomic E-state index is 11.7. The van der Waals surface area contributed by atoms with Gasteiger partial charge in [0.2, 0.25) is 0 Å². The van der Waals surface area contributed by atoms with Gasteiger partial charge in [0.15, 0.2) is 6.61 Å². The summed E-state index contributed by atoms with van der Waals surface area (Å²) >= 11 is 0. The SMILES string of the molecule is Cc1cccc(OCC(=O)N(C)CCC#N)c1C.